The number of ether oxygens (including phenoxy) is 1. The van der Waals surface area contributed by atoms with Crippen molar-refractivity contribution < 1.29 is 18.8 Å². The maximum absolute atomic E-state index is 11.7. The quantitative estimate of drug-likeness (QED) is 0.834. The Hall–Kier alpha value is -2.83. The highest BCUT2D eigenvalue weighted by molar-refractivity contribution is 5.93. The van der Waals surface area contributed by atoms with Crippen LogP contribution < -0.4 is 15.6 Å². The summed E-state index contributed by atoms with van der Waals surface area (Å²) in [4.78, 5) is 23.3. The van der Waals surface area contributed by atoms with Crippen molar-refractivity contribution >= 4 is 11.8 Å². The number of amides is 2. The highest BCUT2D eigenvalue weighted by Crippen LogP contribution is 2.18. The molecular formula is C15H17N3O4. The summed E-state index contributed by atoms with van der Waals surface area (Å²) in [5.74, 6) is -0.410. The molecule has 2 amide bonds. The number of hydrogen-bond acceptors (Lipinski definition) is 5. The van der Waals surface area contributed by atoms with Crippen molar-refractivity contribution in [2.45, 2.75) is 20.8 Å². The normalized spacial score (nSPS) is 10.1. The number of benzene rings is 1. The lowest BCUT2D eigenvalue weighted by Crippen LogP contribution is -2.43. The minimum absolute atomic E-state index is 0.0215. The third kappa shape index (κ3) is 4.08. The minimum atomic E-state index is -0.583. The van der Waals surface area contributed by atoms with E-state index in [1.54, 1.807) is 6.92 Å². The first-order valence-corrected chi connectivity index (χ1v) is 6.68. The molecule has 0 unspecified atom stereocenters. The zero-order valence-corrected chi connectivity index (χ0v) is 12.6. The van der Waals surface area contributed by atoms with Gasteiger partial charge in [-0.25, -0.2) is 0 Å². The number of hydrazine groups is 1. The Morgan fingerprint density at radius 2 is 1.95 bits per heavy atom. The highest BCUT2D eigenvalue weighted by atomic mass is 16.5. The maximum Gasteiger partial charge on any atom is 0.308 e. The van der Waals surface area contributed by atoms with E-state index in [9.17, 15) is 9.59 Å². The first kappa shape index (κ1) is 15.6. The number of aromatic nitrogens is 1. The fourth-order valence-electron chi connectivity index (χ4n) is 1.70. The lowest BCUT2D eigenvalue weighted by molar-refractivity contribution is -0.123. The van der Waals surface area contributed by atoms with E-state index >= 15 is 0 Å². The zero-order chi connectivity index (χ0) is 16.1. The Labute approximate surface area is 127 Å². The molecule has 2 N–H and O–H groups in total. The van der Waals surface area contributed by atoms with E-state index in [0.717, 1.165) is 11.1 Å². The van der Waals surface area contributed by atoms with Crippen LogP contribution in [0, 0.1) is 20.8 Å². The summed E-state index contributed by atoms with van der Waals surface area (Å²) < 4.78 is 10.2. The van der Waals surface area contributed by atoms with Crippen molar-refractivity contribution in [3.8, 4) is 5.75 Å². The summed E-state index contributed by atoms with van der Waals surface area (Å²) in [5, 5.41) is 3.59. The molecule has 0 bridgehead atoms. The van der Waals surface area contributed by atoms with E-state index in [0.29, 0.717) is 11.4 Å². The van der Waals surface area contributed by atoms with Gasteiger partial charge in [0.2, 0.25) is 5.76 Å². The van der Waals surface area contributed by atoms with Crippen LogP contribution in [0.1, 0.15) is 27.4 Å². The van der Waals surface area contributed by atoms with Crippen LogP contribution in [0.5, 0.6) is 5.75 Å². The van der Waals surface area contributed by atoms with Crippen LogP contribution in [-0.4, -0.2) is 23.6 Å². The average Bonchev–Trinajstić information content (AvgIpc) is 2.92. The van der Waals surface area contributed by atoms with Crippen LogP contribution >= 0.6 is 0 Å². The Balaban J connectivity index is 1.81. The third-order valence-electron chi connectivity index (χ3n) is 2.87. The number of hydrogen-bond donors (Lipinski definition) is 2. The molecule has 1 aromatic heterocycles. The van der Waals surface area contributed by atoms with E-state index in [4.69, 9.17) is 9.26 Å². The van der Waals surface area contributed by atoms with Gasteiger partial charge >= 0.3 is 5.91 Å². The van der Waals surface area contributed by atoms with Gasteiger partial charge in [0.05, 0.1) is 5.69 Å². The predicted octanol–water partition coefficient (Wildman–Crippen LogP) is 1.44. The van der Waals surface area contributed by atoms with Crippen molar-refractivity contribution in [1.82, 2.24) is 16.0 Å². The van der Waals surface area contributed by atoms with E-state index in [1.165, 1.54) is 6.07 Å². The lowest BCUT2D eigenvalue weighted by atomic mass is 10.1. The highest BCUT2D eigenvalue weighted by Gasteiger charge is 2.12. The average molecular weight is 303 g/mol. The number of nitrogens with zero attached hydrogens (tertiary/aromatic N) is 1. The Morgan fingerprint density at radius 1 is 1.18 bits per heavy atom. The maximum atomic E-state index is 11.7. The van der Waals surface area contributed by atoms with Gasteiger partial charge in [-0.2, -0.15) is 0 Å². The molecule has 0 spiro atoms. The number of carbonyl (C=O) groups is 2. The Kier molecular flexibility index (Phi) is 4.77. The molecule has 0 aliphatic heterocycles. The predicted molar refractivity (Wildman–Crippen MR) is 78.3 cm³/mol. The molecule has 7 heteroatoms. The molecule has 0 fully saturated rings. The van der Waals surface area contributed by atoms with Crippen LogP contribution in [0.2, 0.25) is 0 Å². The molecule has 0 saturated carbocycles. The van der Waals surface area contributed by atoms with Gasteiger partial charge in [-0.15, -0.1) is 0 Å². The van der Waals surface area contributed by atoms with Crippen LogP contribution in [0.3, 0.4) is 0 Å². The first-order chi connectivity index (χ1) is 10.5. The van der Waals surface area contributed by atoms with Gasteiger partial charge in [0.1, 0.15) is 5.75 Å². The molecular weight excluding hydrogens is 286 g/mol. The third-order valence-corrected chi connectivity index (χ3v) is 2.87. The van der Waals surface area contributed by atoms with Gasteiger partial charge in [-0.05, 0) is 38.0 Å². The molecule has 1 aromatic carbocycles. The van der Waals surface area contributed by atoms with Gasteiger partial charge in [0.25, 0.3) is 5.91 Å². The van der Waals surface area contributed by atoms with E-state index < -0.39 is 11.8 Å². The zero-order valence-electron chi connectivity index (χ0n) is 12.6. The van der Waals surface area contributed by atoms with E-state index in [2.05, 4.69) is 16.0 Å². The van der Waals surface area contributed by atoms with Crippen LogP contribution in [0.15, 0.2) is 28.8 Å². The molecule has 1 heterocycles. The van der Waals surface area contributed by atoms with Gasteiger partial charge in [0.15, 0.2) is 6.61 Å². The summed E-state index contributed by atoms with van der Waals surface area (Å²) in [6.07, 6.45) is 0. The molecule has 2 aromatic rings. The summed E-state index contributed by atoms with van der Waals surface area (Å²) in [6.45, 7) is 5.31. The summed E-state index contributed by atoms with van der Waals surface area (Å²) in [6, 6.07) is 7.19. The molecule has 0 atom stereocenters. The fourth-order valence-corrected chi connectivity index (χ4v) is 1.70. The van der Waals surface area contributed by atoms with Crippen molar-refractivity contribution in [2.24, 2.45) is 0 Å². The van der Waals surface area contributed by atoms with E-state index in [-0.39, 0.29) is 12.4 Å². The fraction of sp³-hybridized carbons (Fsp3) is 0.267. The number of nitrogens with one attached hydrogen (secondary N) is 2. The van der Waals surface area contributed by atoms with Crippen molar-refractivity contribution in [3.63, 3.8) is 0 Å². The second kappa shape index (κ2) is 6.75. The largest absolute Gasteiger partial charge is 0.483 e. The lowest BCUT2D eigenvalue weighted by Gasteiger charge is -2.10. The van der Waals surface area contributed by atoms with Gasteiger partial charge in [-0.3, -0.25) is 20.4 Å². The molecule has 2 rings (SSSR count). The topological polar surface area (TPSA) is 93.5 Å². The molecule has 0 saturated heterocycles. The van der Waals surface area contributed by atoms with Crippen LogP contribution in [0.4, 0.5) is 0 Å². The molecule has 116 valence electrons. The van der Waals surface area contributed by atoms with Crippen molar-refractivity contribution in [2.75, 3.05) is 6.61 Å². The SMILES string of the molecule is Cc1ccc(C)c(OCC(=O)NNC(=O)c2cc(C)no2)c1. The van der Waals surface area contributed by atoms with Gasteiger partial charge in [-0.1, -0.05) is 17.3 Å². The molecule has 7 nitrogen and oxygen atoms in total. The Morgan fingerprint density at radius 3 is 2.64 bits per heavy atom. The number of carbonyl (C=O) groups excluding carboxylic acids is 2. The number of rotatable bonds is 4. The molecule has 0 radical (unpaired) electrons. The summed E-state index contributed by atoms with van der Waals surface area (Å²) in [7, 11) is 0. The van der Waals surface area contributed by atoms with E-state index in [1.807, 2.05) is 32.0 Å². The Bertz CT molecular complexity index is 694. The second-order valence-corrected chi connectivity index (χ2v) is 4.89. The second-order valence-electron chi connectivity index (χ2n) is 4.89. The van der Waals surface area contributed by atoms with Crippen molar-refractivity contribution in [1.29, 1.82) is 0 Å². The molecule has 0 aliphatic rings. The van der Waals surface area contributed by atoms with Gasteiger partial charge in [0, 0.05) is 6.07 Å². The van der Waals surface area contributed by atoms with Crippen molar-refractivity contribution in [3.05, 3.63) is 46.8 Å². The van der Waals surface area contributed by atoms with Crippen LogP contribution in [-0.2, 0) is 4.79 Å². The molecule has 0 aliphatic carbocycles. The summed E-state index contributed by atoms with van der Waals surface area (Å²) in [5.41, 5.74) is 7.01. The number of aryl methyl sites for hydroxylation is 3. The standard InChI is InChI=1S/C15H17N3O4/c1-9-4-5-10(2)12(6-9)21-8-14(19)16-17-15(20)13-7-11(3)18-22-13/h4-7H,8H2,1-3H3,(H,16,19)(H,17,20). The minimum Gasteiger partial charge on any atom is -0.483 e. The van der Waals surface area contributed by atoms with Gasteiger partial charge < -0.3 is 9.26 Å². The molecule has 22 heavy (non-hydrogen) atoms. The first-order valence-electron chi connectivity index (χ1n) is 6.68. The monoisotopic (exact) mass is 303 g/mol. The summed E-state index contributed by atoms with van der Waals surface area (Å²) >= 11 is 0. The smallest absolute Gasteiger partial charge is 0.308 e. The van der Waals surface area contributed by atoms with Crippen LogP contribution in [0.25, 0.3) is 0 Å².